The lowest BCUT2D eigenvalue weighted by Gasteiger charge is -2.43. The van der Waals surface area contributed by atoms with E-state index in [1.54, 1.807) is 0 Å². The van der Waals surface area contributed by atoms with Gasteiger partial charge in [0, 0.05) is 10.8 Å². The van der Waals surface area contributed by atoms with Crippen LogP contribution in [0.2, 0.25) is 0 Å². The minimum atomic E-state index is 0.375. The van der Waals surface area contributed by atoms with Gasteiger partial charge in [0.05, 0.1) is 0 Å². The van der Waals surface area contributed by atoms with E-state index in [1.807, 2.05) is 0 Å². The lowest BCUT2D eigenvalue weighted by Crippen LogP contribution is -2.54. The van der Waals surface area contributed by atoms with Crippen LogP contribution in [-0.2, 0) is 0 Å². The van der Waals surface area contributed by atoms with E-state index >= 15 is 0 Å². The van der Waals surface area contributed by atoms with Crippen LogP contribution in [0.25, 0.3) is 0 Å². The normalized spacial score (nSPS) is 44.8. The first-order valence-electron chi connectivity index (χ1n) is 7.17. The Morgan fingerprint density at radius 2 is 2.06 bits per heavy atom. The Morgan fingerprint density at radius 3 is 2.59 bits per heavy atom. The van der Waals surface area contributed by atoms with Crippen LogP contribution in [0.4, 0.5) is 0 Å². The Labute approximate surface area is 110 Å². The predicted octanol–water partition coefficient (Wildman–Crippen LogP) is 3.18. The van der Waals surface area contributed by atoms with Crippen molar-refractivity contribution >= 4 is 11.8 Å². The molecule has 1 heterocycles. The van der Waals surface area contributed by atoms with Crippen LogP contribution in [-0.4, -0.2) is 16.5 Å². The molecule has 1 aliphatic heterocycles. The van der Waals surface area contributed by atoms with Crippen LogP contribution in [0.1, 0.15) is 52.9 Å². The number of nitrogens with one attached hydrogen (secondary N) is 1. The van der Waals surface area contributed by atoms with Crippen LogP contribution in [0.3, 0.4) is 0 Å². The zero-order chi connectivity index (χ0) is 12.5. The van der Waals surface area contributed by atoms with Gasteiger partial charge in [-0.05, 0) is 56.1 Å². The number of nitrogens with two attached hydrogens (primary N) is 1. The lowest BCUT2D eigenvalue weighted by atomic mass is 9.70. The van der Waals surface area contributed by atoms with Gasteiger partial charge in [-0.25, -0.2) is 0 Å². The van der Waals surface area contributed by atoms with Crippen molar-refractivity contribution in [3.05, 3.63) is 0 Å². The summed E-state index contributed by atoms with van der Waals surface area (Å²) >= 11 is 2.13. The average Bonchev–Trinajstić information content (AvgIpc) is 2.72. The SMILES string of the molecule is CC1CCC(C(NN)C2(C)CCCS2)CC1C. The maximum Gasteiger partial charge on any atom is 0.0383 e. The largest absolute Gasteiger partial charge is 0.271 e. The highest BCUT2D eigenvalue weighted by molar-refractivity contribution is 8.00. The summed E-state index contributed by atoms with van der Waals surface area (Å²) in [5.41, 5.74) is 3.17. The highest BCUT2D eigenvalue weighted by Crippen LogP contribution is 2.46. The first-order valence-corrected chi connectivity index (χ1v) is 8.15. The molecule has 2 rings (SSSR count). The third-order valence-corrected chi connectivity index (χ3v) is 6.81. The van der Waals surface area contributed by atoms with Crippen LogP contribution < -0.4 is 11.3 Å². The highest BCUT2D eigenvalue weighted by Gasteiger charge is 2.43. The maximum atomic E-state index is 5.89. The van der Waals surface area contributed by atoms with Gasteiger partial charge >= 0.3 is 0 Å². The molecule has 1 saturated carbocycles. The summed E-state index contributed by atoms with van der Waals surface area (Å²) in [6.45, 7) is 7.23. The summed E-state index contributed by atoms with van der Waals surface area (Å²) in [6.07, 6.45) is 6.78. The first-order chi connectivity index (χ1) is 8.07. The van der Waals surface area contributed by atoms with Gasteiger partial charge in [-0.3, -0.25) is 11.3 Å². The van der Waals surface area contributed by atoms with Gasteiger partial charge in [-0.2, -0.15) is 11.8 Å². The number of thioether (sulfide) groups is 1. The molecule has 0 aromatic heterocycles. The number of hydrogen-bond donors (Lipinski definition) is 2. The van der Waals surface area contributed by atoms with Gasteiger partial charge in [0.2, 0.25) is 0 Å². The zero-order valence-electron chi connectivity index (χ0n) is 11.5. The minimum Gasteiger partial charge on any atom is -0.271 e. The summed E-state index contributed by atoms with van der Waals surface area (Å²) in [6, 6.07) is 0.505. The van der Waals surface area contributed by atoms with Gasteiger partial charge in [-0.15, -0.1) is 0 Å². The number of hydrazine groups is 1. The summed E-state index contributed by atoms with van der Waals surface area (Å²) in [5, 5.41) is 0. The fraction of sp³-hybridized carbons (Fsp3) is 1.00. The molecule has 0 radical (unpaired) electrons. The van der Waals surface area contributed by atoms with Crippen molar-refractivity contribution in [2.24, 2.45) is 23.6 Å². The van der Waals surface area contributed by atoms with Gasteiger partial charge in [0.25, 0.3) is 0 Å². The molecule has 0 bridgehead atoms. The summed E-state index contributed by atoms with van der Waals surface area (Å²) in [7, 11) is 0. The highest BCUT2D eigenvalue weighted by atomic mass is 32.2. The van der Waals surface area contributed by atoms with E-state index in [2.05, 4.69) is 38.0 Å². The average molecular weight is 256 g/mol. The van der Waals surface area contributed by atoms with E-state index in [0.717, 1.165) is 17.8 Å². The third-order valence-electron chi connectivity index (χ3n) is 5.20. The van der Waals surface area contributed by atoms with Crippen molar-refractivity contribution in [1.29, 1.82) is 0 Å². The molecule has 1 aliphatic carbocycles. The van der Waals surface area contributed by atoms with Crippen molar-refractivity contribution in [3.8, 4) is 0 Å². The van der Waals surface area contributed by atoms with Gasteiger partial charge in [0.15, 0.2) is 0 Å². The van der Waals surface area contributed by atoms with Gasteiger partial charge in [-0.1, -0.05) is 20.3 Å². The Kier molecular flexibility index (Phi) is 4.43. The second kappa shape index (κ2) is 5.50. The van der Waals surface area contributed by atoms with Gasteiger partial charge < -0.3 is 0 Å². The van der Waals surface area contributed by atoms with Crippen molar-refractivity contribution < 1.29 is 0 Å². The molecule has 5 unspecified atom stereocenters. The van der Waals surface area contributed by atoms with E-state index in [-0.39, 0.29) is 0 Å². The third kappa shape index (κ3) is 2.82. The standard InChI is InChI=1S/C14H28N2S/c1-10-5-6-12(9-11(10)2)13(16-15)14(3)7-4-8-17-14/h10-13,16H,4-9,15H2,1-3H3. The molecular formula is C14H28N2S. The van der Waals surface area contributed by atoms with Crippen LogP contribution in [0, 0.1) is 17.8 Å². The van der Waals surface area contributed by atoms with E-state index in [0.29, 0.717) is 10.8 Å². The summed E-state index contributed by atoms with van der Waals surface area (Å²) < 4.78 is 0.375. The second-order valence-corrected chi connectivity index (χ2v) is 8.07. The second-order valence-electron chi connectivity index (χ2n) is 6.44. The molecule has 0 amide bonds. The van der Waals surface area contributed by atoms with Crippen LogP contribution >= 0.6 is 11.8 Å². The Hall–Kier alpha value is 0.270. The molecule has 2 nitrogen and oxygen atoms in total. The Morgan fingerprint density at radius 1 is 1.29 bits per heavy atom. The van der Waals surface area contributed by atoms with Crippen LogP contribution in [0.15, 0.2) is 0 Å². The number of rotatable bonds is 3. The topological polar surface area (TPSA) is 38.0 Å². The molecule has 0 spiro atoms. The van der Waals surface area contributed by atoms with Crippen molar-refractivity contribution in [3.63, 3.8) is 0 Å². The minimum absolute atomic E-state index is 0.375. The summed E-state index contributed by atoms with van der Waals surface area (Å²) in [4.78, 5) is 0. The fourth-order valence-corrected chi connectivity index (χ4v) is 5.23. The predicted molar refractivity (Wildman–Crippen MR) is 76.9 cm³/mol. The van der Waals surface area contributed by atoms with Crippen molar-refractivity contribution in [2.75, 3.05) is 5.75 Å². The molecule has 3 N–H and O–H groups in total. The molecule has 5 atom stereocenters. The fourth-order valence-electron chi connectivity index (χ4n) is 3.75. The monoisotopic (exact) mass is 256 g/mol. The molecule has 100 valence electrons. The molecule has 17 heavy (non-hydrogen) atoms. The molecule has 0 aromatic carbocycles. The molecule has 2 fully saturated rings. The van der Waals surface area contributed by atoms with E-state index in [9.17, 15) is 0 Å². The van der Waals surface area contributed by atoms with E-state index in [1.165, 1.54) is 37.9 Å². The van der Waals surface area contributed by atoms with Crippen LogP contribution in [0.5, 0.6) is 0 Å². The smallest absolute Gasteiger partial charge is 0.0383 e. The zero-order valence-corrected chi connectivity index (χ0v) is 12.4. The number of hydrogen-bond acceptors (Lipinski definition) is 3. The van der Waals surface area contributed by atoms with E-state index < -0.39 is 0 Å². The molecule has 3 heteroatoms. The first kappa shape index (κ1) is 13.7. The molecule has 2 aliphatic rings. The molecule has 1 saturated heterocycles. The lowest BCUT2D eigenvalue weighted by molar-refractivity contribution is 0.153. The molecular weight excluding hydrogens is 228 g/mol. The summed E-state index contributed by atoms with van der Waals surface area (Å²) in [5.74, 6) is 9.74. The van der Waals surface area contributed by atoms with E-state index in [4.69, 9.17) is 5.84 Å². The Balaban J connectivity index is 2.03. The Bertz CT molecular complexity index is 251. The van der Waals surface area contributed by atoms with Gasteiger partial charge in [0.1, 0.15) is 0 Å². The van der Waals surface area contributed by atoms with Crippen molar-refractivity contribution in [2.45, 2.75) is 63.7 Å². The maximum absolute atomic E-state index is 5.89. The quantitative estimate of drug-likeness (QED) is 0.602. The van der Waals surface area contributed by atoms with Crippen molar-refractivity contribution in [1.82, 2.24) is 5.43 Å². The molecule has 0 aromatic rings.